The molecule has 7 nitrogen and oxygen atoms in total. The topological polar surface area (TPSA) is 75.6 Å². The summed E-state index contributed by atoms with van der Waals surface area (Å²) < 4.78 is 4.69. The van der Waals surface area contributed by atoms with Crippen molar-refractivity contribution in [2.24, 2.45) is 5.92 Å². The van der Waals surface area contributed by atoms with Gasteiger partial charge in [-0.3, -0.25) is 9.59 Å². The van der Waals surface area contributed by atoms with Crippen molar-refractivity contribution in [1.29, 1.82) is 0 Å². The Balaban J connectivity index is 1.95. The molecule has 0 bridgehead atoms. The van der Waals surface area contributed by atoms with Crippen LogP contribution in [0.4, 0.5) is 5.95 Å². The van der Waals surface area contributed by atoms with Crippen molar-refractivity contribution in [2.45, 2.75) is 32.7 Å². The van der Waals surface area contributed by atoms with Gasteiger partial charge in [0.05, 0.1) is 7.11 Å². The van der Waals surface area contributed by atoms with Gasteiger partial charge in [-0.15, -0.1) is 0 Å². The molecule has 1 aliphatic heterocycles. The van der Waals surface area contributed by atoms with E-state index in [1.54, 1.807) is 23.4 Å². The highest BCUT2D eigenvalue weighted by Gasteiger charge is 2.31. The molecule has 2 heterocycles. The molecular weight excluding hydrogens is 296 g/mol. The van der Waals surface area contributed by atoms with Crippen LogP contribution >= 0.6 is 0 Å². The molecular formula is C16H24N4O3. The monoisotopic (exact) mass is 320 g/mol. The minimum absolute atomic E-state index is 0.00894. The molecule has 1 saturated heterocycles. The summed E-state index contributed by atoms with van der Waals surface area (Å²) in [6, 6.07) is 1.75. The molecule has 1 aromatic heterocycles. The zero-order valence-electron chi connectivity index (χ0n) is 13.9. The minimum atomic E-state index is -0.387. The lowest BCUT2D eigenvalue weighted by Crippen LogP contribution is -2.47. The maximum absolute atomic E-state index is 12.7. The fraction of sp³-hybridized carbons (Fsp3) is 0.625. The number of hydrogen-bond donors (Lipinski definition) is 0. The number of amides is 1. The fourth-order valence-electron chi connectivity index (χ4n) is 2.73. The van der Waals surface area contributed by atoms with Crippen LogP contribution in [0, 0.1) is 5.92 Å². The first-order chi connectivity index (χ1) is 11.0. The van der Waals surface area contributed by atoms with Gasteiger partial charge in [-0.05, 0) is 32.8 Å². The summed E-state index contributed by atoms with van der Waals surface area (Å²) in [5, 5.41) is 0. The molecule has 7 heteroatoms. The molecule has 126 valence electrons. The first-order valence-electron chi connectivity index (χ1n) is 7.92. The summed E-state index contributed by atoms with van der Waals surface area (Å²) in [6.45, 7) is 5.31. The Morgan fingerprint density at radius 2 is 1.91 bits per heavy atom. The van der Waals surface area contributed by atoms with E-state index < -0.39 is 0 Å². The van der Waals surface area contributed by atoms with E-state index in [4.69, 9.17) is 0 Å². The maximum atomic E-state index is 12.7. The molecule has 1 aromatic rings. The van der Waals surface area contributed by atoms with Crippen molar-refractivity contribution in [3.8, 4) is 0 Å². The van der Waals surface area contributed by atoms with Gasteiger partial charge < -0.3 is 14.5 Å². The lowest BCUT2D eigenvalue weighted by Gasteiger charge is -2.35. The Kier molecular flexibility index (Phi) is 5.90. The lowest BCUT2D eigenvalue weighted by atomic mass is 9.95. The van der Waals surface area contributed by atoms with Gasteiger partial charge in [-0.2, -0.15) is 0 Å². The number of esters is 1. The van der Waals surface area contributed by atoms with Gasteiger partial charge in [0.1, 0.15) is 6.54 Å². The molecule has 2 rings (SSSR count). The van der Waals surface area contributed by atoms with Crippen LogP contribution in [0.2, 0.25) is 0 Å². The van der Waals surface area contributed by atoms with Crippen molar-refractivity contribution in [3.63, 3.8) is 0 Å². The predicted octanol–water partition coefficient (Wildman–Crippen LogP) is 1.10. The smallest absolute Gasteiger partial charge is 0.325 e. The van der Waals surface area contributed by atoms with Crippen LogP contribution in [0.25, 0.3) is 0 Å². The molecule has 0 N–H and O–H groups in total. The standard InChI is InChI=1S/C16H24N4O3/c1-12(2)20(11-14(21)23-3)15(22)13-5-9-19(10-6-13)16-17-7-4-8-18-16/h4,7-8,12-13H,5-6,9-11H2,1-3H3. The molecule has 0 spiro atoms. The van der Waals surface area contributed by atoms with E-state index in [1.807, 2.05) is 13.8 Å². The maximum Gasteiger partial charge on any atom is 0.325 e. The first kappa shape index (κ1) is 17.2. The van der Waals surface area contributed by atoms with Gasteiger partial charge >= 0.3 is 5.97 Å². The Bertz CT molecular complexity index is 527. The summed E-state index contributed by atoms with van der Waals surface area (Å²) in [5.74, 6) is 0.275. The average molecular weight is 320 g/mol. The predicted molar refractivity (Wildman–Crippen MR) is 85.8 cm³/mol. The second-order valence-electron chi connectivity index (χ2n) is 5.95. The van der Waals surface area contributed by atoms with Gasteiger partial charge in [-0.1, -0.05) is 0 Å². The number of carbonyl (C=O) groups excluding carboxylic acids is 2. The number of piperidine rings is 1. The third-order valence-corrected chi connectivity index (χ3v) is 4.11. The van der Waals surface area contributed by atoms with Crippen LogP contribution in [0.1, 0.15) is 26.7 Å². The van der Waals surface area contributed by atoms with Crippen LogP contribution < -0.4 is 4.90 Å². The van der Waals surface area contributed by atoms with E-state index in [2.05, 4.69) is 19.6 Å². The number of carbonyl (C=O) groups is 2. The van der Waals surface area contributed by atoms with Crippen molar-refractivity contribution < 1.29 is 14.3 Å². The Morgan fingerprint density at radius 3 is 2.43 bits per heavy atom. The minimum Gasteiger partial charge on any atom is -0.468 e. The Morgan fingerprint density at radius 1 is 1.30 bits per heavy atom. The highest BCUT2D eigenvalue weighted by atomic mass is 16.5. The second-order valence-corrected chi connectivity index (χ2v) is 5.95. The van der Waals surface area contributed by atoms with E-state index in [0.717, 1.165) is 25.9 Å². The van der Waals surface area contributed by atoms with Crippen molar-refractivity contribution in [3.05, 3.63) is 18.5 Å². The summed E-state index contributed by atoms with van der Waals surface area (Å²) >= 11 is 0. The highest BCUT2D eigenvalue weighted by molar-refractivity contribution is 5.84. The van der Waals surface area contributed by atoms with Gasteiger partial charge in [0, 0.05) is 37.4 Å². The second kappa shape index (κ2) is 7.89. The van der Waals surface area contributed by atoms with Crippen molar-refractivity contribution in [1.82, 2.24) is 14.9 Å². The largest absolute Gasteiger partial charge is 0.468 e. The number of rotatable bonds is 5. The van der Waals surface area contributed by atoms with E-state index in [0.29, 0.717) is 5.95 Å². The van der Waals surface area contributed by atoms with Crippen molar-refractivity contribution >= 4 is 17.8 Å². The van der Waals surface area contributed by atoms with Gasteiger partial charge in [0.2, 0.25) is 11.9 Å². The number of ether oxygens (including phenoxy) is 1. The number of methoxy groups -OCH3 is 1. The molecule has 0 unspecified atom stereocenters. The van der Waals surface area contributed by atoms with Gasteiger partial charge in [0.15, 0.2) is 0 Å². The third kappa shape index (κ3) is 4.40. The fourth-order valence-corrected chi connectivity index (χ4v) is 2.73. The van der Waals surface area contributed by atoms with E-state index in [9.17, 15) is 9.59 Å². The van der Waals surface area contributed by atoms with Crippen molar-refractivity contribution in [2.75, 3.05) is 31.6 Å². The van der Waals surface area contributed by atoms with Crippen LogP contribution in [0.3, 0.4) is 0 Å². The quantitative estimate of drug-likeness (QED) is 0.756. The van der Waals surface area contributed by atoms with Gasteiger partial charge in [-0.25, -0.2) is 9.97 Å². The van der Waals surface area contributed by atoms with Crippen LogP contribution in [-0.2, 0) is 14.3 Å². The molecule has 23 heavy (non-hydrogen) atoms. The number of aromatic nitrogens is 2. The Hall–Kier alpha value is -2.18. The third-order valence-electron chi connectivity index (χ3n) is 4.11. The highest BCUT2D eigenvalue weighted by Crippen LogP contribution is 2.23. The van der Waals surface area contributed by atoms with E-state index in [1.165, 1.54) is 7.11 Å². The van der Waals surface area contributed by atoms with Crippen LogP contribution in [-0.4, -0.2) is 59.5 Å². The molecule has 1 fully saturated rings. The molecule has 1 amide bonds. The zero-order chi connectivity index (χ0) is 16.8. The summed E-state index contributed by atoms with van der Waals surface area (Å²) in [6.07, 6.45) is 4.91. The number of anilines is 1. The molecule has 0 atom stereocenters. The number of hydrogen-bond acceptors (Lipinski definition) is 6. The van der Waals surface area contributed by atoms with E-state index in [-0.39, 0.29) is 30.4 Å². The normalized spacial score (nSPS) is 15.6. The molecule has 0 aromatic carbocycles. The Labute approximate surface area is 136 Å². The van der Waals surface area contributed by atoms with Crippen LogP contribution in [0.5, 0.6) is 0 Å². The lowest BCUT2D eigenvalue weighted by molar-refractivity contribution is -0.150. The zero-order valence-corrected chi connectivity index (χ0v) is 13.9. The summed E-state index contributed by atoms with van der Waals surface area (Å²) in [5.41, 5.74) is 0. The van der Waals surface area contributed by atoms with Gasteiger partial charge in [0.25, 0.3) is 0 Å². The molecule has 0 aliphatic carbocycles. The molecule has 0 saturated carbocycles. The summed E-state index contributed by atoms with van der Waals surface area (Å²) in [4.78, 5) is 36.4. The molecule has 1 aliphatic rings. The average Bonchev–Trinajstić information content (AvgIpc) is 2.59. The van der Waals surface area contributed by atoms with Crippen LogP contribution in [0.15, 0.2) is 18.5 Å². The summed E-state index contributed by atoms with van der Waals surface area (Å²) in [7, 11) is 1.34. The SMILES string of the molecule is COC(=O)CN(C(=O)C1CCN(c2ncccn2)CC1)C(C)C. The van der Waals surface area contributed by atoms with E-state index >= 15 is 0 Å². The molecule has 0 radical (unpaired) electrons. The number of nitrogens with zero attached hydrogens (tertiary/aromatic N) is 4. The first-order valence-corrected chi connectivity index (χ1v) is 7.92.